The van der Waals surface area contributed by atoms with Crippen LogP contribution in [0.2, 0.25) is 0 Å². The molecule has 4 nitrogen and oxygen atoms in total. The van der Waals surface area contributed by atoms with E-state index < -0.39 is 0 Å². The number of rotatable bonds is 5. The number of aryl methyl sites for hydroxylation is 1. The minimum Gasteiger partial charge on any atom is -0.383 e. The highest BCUT2D eigenvalue weighted by molar-refractivity contribution is 5.55. The number of halogens is 1. The fraction of sp³-hybridized carbons (Fsp3) is 0.375. The molecule has 0 bridgehead atoms. The van der Waals surface area contributed by atoms with Crippen LogP contribution >= 0.6 is 0 Å². The number of nitrogens with one attached hydrogen (secondary N) is 1. The fourth-order valence-electron chi connectivity index (χ4n) is 2.17. The van der Waals surface area contributed by atoms with Gasteiger partial charge in [-0.3, -0.25) is 0 Å². The average molecular weight is 288 g/mol. The molecule has 5 heteroatoms. The summed E-state index contributed by atoms with van der Waals surface area (Å²) in [7, 11) is 0. The van der Waals surface area contributed by atoms with E-state index in [4.69, 9.17) is 5.73 Å². The first kappa shape index (κ1) is 15.2. The van der Waals surface area contributed by atoms with E-state index in [1.54, 1.807) is 12.1 Å². The van der Waals surface area contributed by atoms with Crippen molar-refractivity contribution in [2.75, 3.05) is 11.1 Å². The highest BCUT2D eigenvalue weighted by Crippen LogP contribution is 2.24. The number of anilines is 2. The maximum Gasteiger partial charge on any atom is 0.135 e. The smallest absolute Gasteiger partial charge is 0.135 e. The normalized spacial score (nSPS) is 12.2. The van der Waals surface area contributed by atoms with E-state index in [-0.39, 0.29) is 11.9 Å². The zero-order chi connectivity index (χ0) is 15.4. The molecule has 3 N–H and O–H groups in total. The summed E-state index contributed by atoms with van der Waals surface area (Å²) in [6.45, 7) is 5.82. The molecule has 0 amide bonds. The van der Waals surface area contributed by atoms with Gasteiger partial charge < -0.3 is 11.1 Å². The van der Waals surface area contributed by atoms with Crippen molar-refractivity contribution < 1.29 is 4.39 Å². The third kappa shape index (κ3) is 3.48. The van der Waals surface area contributed by atoms with Crippen molar-refractivity contribution in [2.45, 2.75) is 39.7 Å². The quantitative estimate of drug-likeness (QED) is 0.881. The minimum absolute atomic E-state index is 0.200. The summed E-state index contributed by atoms with van der Waals surface area (Å²) in [6, 6.07) is 6.52. The lowest BCUT2D eigenvalue weighted by Crippen LogP contribution is -2.13. The number of hydrogen-bond acceptors (Lipinski definition) is 4. The second-order valence-electron chi connectivity index (χ2n) is 5.14. The van der Waals surface area contributed by atoms with Gasteiger partial charge in [-0.1, -0.05) is 25.1 Å². The molecule has 0 aliphatic carbocycles. The predicted molar refractivity (Wildman–Crippen MR) is 83.6 cm³/mol. The Hall–Kier alpha value is -2.17. The molecule has 1 aromatic carbocycles. The second-order valence-corrected chi connectivity index (χ2v) is 5.14. The first-order valence-corrected chi connectivity index (χ1v) is 7.16. The Labute approximate surface area is 124 Å². The van der Waals surface area contributed by atoms with Crippen LogP contribution in [0.15, 0.2) is 24.3 Å². The Morgan fingerprint density at radius 1 is 1.29 bits per heavy atom. The van der Waals surface area contributed by atoms with Crippen molar-refractivity contribution in [1.82, 2.24) is 9.97 Å². The molecule has 21 heavy (non-hydrogen) atoms. The third-order valence-electron chi connectivity index (χ3n) is 3.43. The molecule has 0 aliphatic heterocycles. The van der Waals surface area contributed by atoms with Crippen LogP contribution in [0.5, 0.6) is 0 Å². The Morgan fingerprint density at radius 2 is 2.00 bits per heavy atom. The SMILES string of the molecule is CCCc1nc(N)c(C)c(NC(C)c2ccccc2F)n1. The van der Waals surface area contributed by atoms with Gasteiger partial charge in [-0.15, -0.1) is 0 Å². The van der Waals surface area contributed by atoms with Gasteiger partial charge in [0, 0.05) is 17.5 Å². The molecule has 0 radical (unpaired) electrons. The Bertz CT molecular complexity index is 628. The number of hydrogen-bond donors (Lipinski definition) is 2. The summed E-state index contributed by atoms with van der Waals surface area (Å²) in [5, 5.41) is 3.24. The second kappa shape index (κ2) is 6.52. The summed E-state index contributed by atoms with van der Waals surface area (Å²) < 4.78 is 13.8. The molecule has 2 aromatic rings. The van der Waals surface area contributed by atoms with Crippen LogP contribution in [-0.2, 0) is 6.42 Å². The standard InChI is InChI=1S/C16H21FN4/c1-4-7-14-20-15(18)10(2)16(21-14)19-11(3)12-8-5-6-9-13(12)17/h5-6,8-9,11H,4,7H2,1-3H3,(H3,18,19,20,21). The zero-order valence-corrected chi connectivity index (χ0v) is 12.7. The first-order chi connectivity index (χ1) is 10.0. The molecular weight excluding hydrogens is 267 g/mol. The Balaban J connectivity index is 2.28. The van der Waals surface area contributed by atoms with Gasteiger partial charge in [-0.05, 0) is 26.3 Å². The van der Waals surface area contributed by atoms with Crippen molar-refractivity contribution in [3.63, 3.8) is 0 Å². The van der Waals surface area contributed by atoms with Crippen LogP contribution < -0.4 is 11.1 Å². The van der Waals surface area contributed by atoms with Crippen LogP contribution in [0.3, 0.4) is 0 Å². The molecular formula is C16H21FN4. The van der Waals surface area contributed by atoms with E-state index in [2.05, 4.69) is 22.2 Å². The molecule has 0 fully saturated rings. The summed E-state index contributed by atoms with van der Waals surface area (Å²) in [5.74, 6) is 1.62. The van der Waals surface area contributed by atoms with E-state index in [1.165, 1.54) is 6.07 Å². The van der Waals surface area contributed by atoms with Crippen LogP contribution in [0.25, 0.3) is 0 Å². The molecule has 2 rings (SSSR count). The van der Waals surface area contributed by atoms with Crippen molar-refractivity contribution in [3.05, 3.63) is 47.0 Å². The topological polar surface area (TPSA) is 63.8 Å². The van der Waals surface area contributed by atoms with Crippen LogP contribution in [0, 0.1) is 12.7 Å². The molecule has 0 saturated carbocycles. The highest BCUT2D eigenvalue weighted by Gasteiger charge is 2.14. The number of benzene rings is 1. The van der Waals surface area contributed by atoms with Gasteiger partial charge in [0.2, 0.25) is 0 Å². The summed E-state index contributed by atoms with van der Waals surface area (Å²) in [6.07, 6.45) is 1.72. The van der Waals surface area contributed by atoms with Gasteiger partial charge in [0.1, 0.15) is 23.3 Å². The maximum atomic E-state index is 13.8. The third-order valence-corrected chi connectivity index (χ3v) is 3.43. The maximum absolute atomic E-state index is 13.8. The molecule has 1 unspecified atom stereocenters. The molecule has 1 aromatic heterocycles. The molecule has 0 spiro atoms. The Kier molecular flexibility index (Phi) is 4.73. The molecule has 0 saturated heterocycles. The van der Waals surface area contributed by atoms with Gasteiger partial charge in [0.05, 0.1) is 6.04 Å². The number of nitrogen functional groups attached to an aromatic ring is 1. The van der Waals surface area contributed by atoms with Gasteiger partial charge in [-0.25, -0.2) is 14.4 Å². The number of aromatic nitrogens is 2. The van der Waals surface area contributed by atoms with E-state index in [9.17, 15) is 4.39 Å². The lowest BCUT2D eigenvalue weighted by Gasteiger charge is -2.18. The molecule has 1 heterocycles. The molecule has 1 atom stereocenters. The summed E-state index contributed by atoms with van der Waals surface area (Å²) in [5.41, 5.74) is 7.32. The molecule has 0 aliphatic rings. The van der Waals surface area contributed by atoms with Crippen molar-refractivity contribution in [3.8, 4) is 0 Å². The average Bonchev–Trinajstić information content (AvgIpc) is 2.45. The first-order valence-electron chi connectivity index (χ1n) is 7.16. The van der Waals surface area contributed by atoms with Gasteiger partial charge in [0.15, 0.2) is 0 Å². The van der Waals surface area contributed by atoms with E-state index in [0.717, 1.165) is 18.4 Å². The van der Waals surface area contributed by atoms with Gasteiger partial charge in [-0.2, -0.15) is 0 Å². The van der Waals surface area contributed by atoms with E-state index in [1.807, 2.05) is 19.9 Å². The lowest BCUT2D eigenvalue weighted by molar-refractivity contribution is 0.600. The fourth-order valence-corrected chi connectivity index (χ4v) is 2.17. The number of nitrogens with two attached hydrogens (primary N) is 1. The van der Waals surface area contributed by atoms with E-state index >= 15 is 0 Å². The van der Waals surface area contributed by atoms with Crippen molar-refractivity contribution in [2.24, 2.45) is 0 Å². The van der Waals surface area contributed by atoms with Crippen molar-refractivity contribution >= 4 is 11.6 Å². The van der Waals surface area contributed by atoms with Crippen LogP contribution in [-0.4, -0.2) is 9.97 Å². The summed E-state index contributed by atoms with van der Waals surface area (Å²) >= 11 is 0. The number of nitrogens with zero attached hydrogens (tertiary/aromatic N) is 2. The molecule has 112 valence electrons. The largest absolute Gasteiger partial charge is 0.383 e. The monoisotopic (exact) mass is 288 g/mol. The summed E-state index contributed by atoms with van der Waals surface area (Å²) in [4.78, 5) is 8.77. The van der Waals surface area contributed by atoms with Gasteiger partial charge >= 0.3 is 0 Å². The van der Waals surface area contributed by atoms with Gasteiger partial charge in [0.25, 0.3) is 0 Å². The lowest BCUT2D eigenvalue weighted by atomic mass is 10.1. The Morgan fingerprint density at radius 3 is 2.67 bits per heavy atom. The van der Waals surface area contributed by atoms with Crippen LogP contribution in [0.1, 0.15) is 43.3 Å². The highest BCUT2D eigenvalue weighted by atomic mass is 19.1. The van der Waals surface area contributed by atoms with Crippen LogP contribution in [0.4, 0.5) is 16.0 Å². The van der Waals surface area contributed by atoms with Crippen molar-refractivity contribution in [1.29, 1.82) is 0 Å². The zero-order valence-electron chi connectivity index (χ0n) is 12.7. The minimum atomic E-state index is -0.231. The predicted octanol–water partition coefficient (Wildman–Crippen LogP) is 3.63. The van der Waals surface area contributed by atoms with E-state index in [0.29, 0.717) is 23.0 Å².